The van der Waals surface area contributed by atoms with Crippen molar-refractivity contribution >= 4 is 39.6 Å². The maximum Gasteiger partial charge on any atom is 0.223 e. The van der Waals surface area contributed by atoms with E-state index in [-0.39, 0.29) is 18.2 Å². The number of ether oxygens (including phenoxy) is 3. The Kier molecular flexibility index (Phi) is 15.7. The monoisotopic (exact) mass is 675 g/mol. The molecule has 2 heterocycles. The first kappa shape index (κ1) is 37.7. The second-order valence-electron chi connectivity index (χ2n) is 12.3. The van der Waals surface area contributed by atoms with E-state index in [0.717, 1.165) is 64.6 Å². The smallest absolute Gasteiger partial charge is 0.223 e. The Morgan fingerprint density at radius 3 is 2.24 bits per heavy atom. The number of carbonyl (C=O) groups is 2. The van der Waals surface area contributed by atoms with Gasteiger partial charge in [0, 0.05) is 50.4 Å². The Hall–Kier alpha value is -4.10. The minimum Gasteiger partial charge on any atom is -0.382 e. The summed E-state index contributed by atoms with van der Waals surface area (Å²) < 4.78 is 18.7. The zero-order chi connectivity index (χ0) is 34.8. The molecule has 2 aromatic carbocycles. The predicted molar refractivity (Wildman–Crippen MR) is 193 cm³/mol. The van der Waals surface area contributed by atoms with Crippen molar-refractivity contribution in [1.29, 1.82) is 0 Å². The molecule has 0 spiro atoms. The van der Waals surface area contributed by atoms with Crippen LogP contribution < -0.4 is 22.5 Å². The zero-order valence-electron chi connectivity index (χ0n) is 28.8. The number of fused-ring (bicyclic) bond motifs is 3. The Morgan fingerprint density at radius 1 is 0.878 bits per heavy atom. The van der Waals surface area contributed by atoms with Crippen LogP contribution in [0.4, 0.5) is 5.82 Å². The van der Waals surface area contributed by atoms with Crippen LogP contribution in [0.1, 0.15) is 62.4 Å². The molecule has 4 rings (SSSR count). The van der Waals surface area contributed by atoms with Crippen LogP contribution >= 0.6 is 0 Å². The van der Waals surface area contributed by atoms with Crippen molar-refractivity contribution in [2.45, 2.75) is 64.8 Å². The minimum absolute atomic E-state index is 0.0909. The molecule has 12 nitrogen and oxygen atoms in total. The minimum atomic E-state index is -0.416. The molecule has 266 valence electrons. The van der Waals surface area contributed by atoms with Gasteiger partial charge in [-0.1, -0.05) is 55.8 Å². The molecule has 12 heteroatoms. The lowest BCUT2D eigenvalue weighted by Gasteiger charge is -2.17. The molecule has 0 aliphatic heterocycles. The van der Waals surface area contributed by atoms with Crippen molar-refractivity contribution < 1.29 is 23.8 Å². The number of aromatic nitrogens is 3. The van der Waals surface area contributed by atoms with Gasteiger partial charge in [-0.3, -0.25) is 9.59 Å². The molecule has 7 N–H and O–H groups in total. The number of unbranched alkanes of at least 4 members (excludes halogenated alkanes) is 1. The number of imidazole rings is 1. The van der Waals surface area contributed by atoms with Crippen molar-refractivity contribution in [3.63, 3.8) is 0 Å². The summed E-state index contributed by atoms with van der Waals surface area (Å²) in [6.07, 6.45) is 5.49. The number of hydrogen-bond acceptors (Lipinski definition) is 9. The van der Waals surface area contributed by atoms with E-state index in [0.29, 0.717) is 84.4 Å². The molecule has 2 aromatic heterocycles. The maximum atomic E-state index is 13.2. The van der Waals surface area contributed by atoms with Gasteiger partial charge in [-0.05, 0) is 55.8 Å². The number of carbonyl (C=O) groups excluding carboxylic acids is 2. The highest BCUT2D eigenvalue weighted by molar-refractivity contribution is 6.06. The molecule has 0 saturated carbocycles. The molecule has 4 aromatic rings. The molecule has 49 heavy (non-hydrogen) atoms. The fourth-order valence-corrected chi connectivity index (χ4v) is 5.75. The fraction of sp³-hybridized carbons (Fsp3) is 0.514. The van der Waals surface area contributed by atoms with Crippen LogP contribution in [0.2, 0.25) is 0 Å². The second kappa shape index (κ2) is 20.4. The first-order valence-electron chi connectivity index (χ1n) is 17.5. The number of amides is 2. The van der Waals surface area contributed by atoms with Gasteiger partial charge in [0.05, 0.1) is 37.5 Å². The molecule has 0 saturated heterocycles. The number of anilines is 1. The Morgan fingerprint density at radius 2 is 1.55 bits per heavy atom. The number of primary amides is 1. The van der Waals surface area contributed by atoms with Crippen molar-refractivity contribution in [3.8, 4) is 0 Å². The third kappa shape index (κ3) is 11.8. The predicted octanol–water partition coefficient (Wildman–Crippen LogP) is 3.89. The van der Waals surface area contributed by atoms with Crippen molar-refractivity contribution in [2.24, 2.45) is 17.4 Å². The SMILES string of the molecule is CCCCc1nc2c(N)nc3ccccc3c2n1Cc1ccc(CC(CCC(N)=O)C(=O)NCCCOCCOCCOCCCN)cc1. The van der Waals surface area contributed by atoms with Crippen LogP contribution in [0.5, 0.6) is 0 Å². The molecular weight excluding hydrogens is 622 g/mol. The third-order valence-corrected chi connectivity index (χ3v) is 8.40. The van der Waals surface area contributed by atoms with Gasteiger partial charge < -0.3 is 41.3 Å². The van der Waals surface area contributed by atoms with E-state index in [1.54, 1.807) is 0 Å². The molecule has 0 aliphatic carbocycles. The van der Waals surface area contributed by atoms with Crippen molar-refractivity contribution in [3.05, 3.63) is 65.5 Å². The van der Waals surface area contributed by atoms with Crippen LogP contribution in [0, 0.1) is 5.92 Å². The van der Waals surface area contributed by atoms with Gasteiger partial charge >= 0.3 is 0 Å². The van der Waals surface area contributed by atoms with Crippen molar-refractivity contribution in [2.75, 3.05) is 58.5 Å². The molecule has 0 fully saturated rings. The van der Waals surface area contributed by atoms with Crippen LogP contribution in [0.15, 0.2) is 48.5 Å². The number of nitrogens with one attached hydrogen (secondary N) is 1. The third-order valence-electron chi connectivity index (χ3n) is 8.40. The number of pyridine rings is 1. The largest absolute Gasteiger partial charge is 0.382 e. The van der Waals surface area contributed by atoms with Gasteiger partial charge in [-0.25, -0.2) is 9.97 Å². The van der Waals surface area contributed by atoms with E-state index >= 15 is 0 Å². The number of aryl methyl sites for hydroxylation is 1. The Labute approximate surface area is 289 Å². The Balaban J connectivity index is 1.32. The topological polar surface area (TPSA) is 183 Å². The highest BCUT2D eigenvalue weighted by Crippen LogP contribution is 2.30. The van der Waals surface area contributed by atoms with E-state index in [9.17, 15) is 9.59 Å². The number of nitrogens with two attached hydrogens (primary N) is 3. The number of nitrogen functional groups attached to an aromatic ring is 1. The van der Waals surface area contributed by atoms with E-state index in [1.165, 1.54) is 0 Å². The van der Waals surface area contributed by atoms with E-state index in [2.05, 4.69) is 52.1 Å². The second-order valence-corrected chi connectivity index (χ2v) is 12.3. The standard InChI is InChI=1S/C37H53N7O5/c1-2-3-10-33-43-34-35(30-8-4-5-9-31(30)42-36(34)40)44(33)26-28-13-11-27(12-14-28)25-29(15-16-32(39)45)37(46)41-18-7-20-48-22-24-49-23-21-47-19-6-17-38/h4-5,8-9,11-14,29H,2-3,6-7,10,15-26,38H2,1H3,(H2,39,45)(H2,40,42)(H,41,46). The summed E-state index contributed by atoms with van der Waals surface area (Å²) in [5, 5.41) is 4.04. The normalized spacial score (nSPS) is 12.1. The molecule has 2 amide bonds. The van der Waals surface area contributed by atoms with Crippen LogP contribution in [-0.2, 0) is 43.2 Å². The summed E-state index contributed by atoms with van der Waals surface area (Å²) in [7, 11) is 0. The summed E-state index contributed by atoms with van der Waals surface area (Å²) in [5.41, 5.74) is 22.0. The number of para-hydroxylation sites is 1. The van der Waals surface area contributed by atoms with E-state index < -0.39 is 5.91 Å². The van der Waals surface area contributed by atoms with Gasteiger partial charge in [0.25, 0.3) is 0 Å². The highest BCUT2D eigenvalue weighted by Gasteiger charge is 2.21. The van der Waals surface area contributed by atoms with E-state index in [4.69, 9.17) is 36.4 Å². The number of hydrogen-bond donors (Lipinski definition) is 4. The number of benzene rings is 2. The van der Waals surface area contributed by atoms with Gasteiger partial charge in [-0.2, -0.15) is 0 Å². The van der Waals surface area contributed by atoms with Crippen LogP contribution in [0.25, 0.3) is 21.9 Å². The quantitative estimate of drug-likeness (QED) is 0.0801. The first-order valence-corrected chi connectivity index (χ1v) is 17.5. The molecule has 0 radical (unpaired) electrons. The summed E-state index contributed by atoms with van der Waals surface area (Å²) in [4.78, 5) is 34.3. The van der Waals surface area contributed by atoms with Gasteiger partial charge in [0.15, 0.2) is 5.82 Å². The molecule has 0 aliphatic rings. The molecular formula is C37H53N7O5. The average molecular weight is 676 g/mol. The average Bonchev–Trinajstić information content (AvgIpc) is 3.46. The van der Waals surface area contributed by atoms with Crippen LogP contribution in [-0.4, -0.2) is 79.1 Å². The zero-order valence-corrected chi connectivity index (χ0v) is 28.8. The summed E-state index contributed by atoms with van der Waals surface area (Å²) in [6, 6.07) is 16.3. The van der Waals surface area contributed by atoms with Crippen LogP contribution in [0.3, 0.4) is 0 Å². The highest BCUT2D eigenvalue weighted by atomic mass is 16.5. The van der Waals surface area contributed by atoms with Crippen molar-refractivity contribution in [1.82, 2.24) is 19.9 Å². The summed E-state index contributed by atoms with van der Waals surface area (Å²) in [5.74, 6) is 0.551. The summed E-state index contributed by atoms with van der Waals surface area (Å²) in [6.45, 7) is 7.10. The van der Waals surface area contributed by atoms with Gasteiger partial charge in [-0.15, -0.1) is 0 Å². The maximum absolute atomic E-state index is 13.2. The summed E-state index contributed by atoms with van der Waals surface area (Å²) >= 11 is 0. The van der Waals surface area contributed by atoms with E-state index in [1.807, 2.05) is 18.2 Å². The molecule has 1 unspecified atom stereocenters. The molecule has 1 atom stereocenters. The lowest BCUT2D eigenvalue weighted by Crippen LogP contribution is -2.33. The lowest BCUT2D eigenvalue weighted by atomic mass is 9.93. The Bertz CT molecular complexity index is 1610. The van der Waals surface area contributed by atoms with Gasteiger partial charge in [0.2, 0.25) is 11.8 Å². The first-order chi connectivity index (χ1) is 23.9. The van der Waals surface area contributed by atoms with Gasteiger partial charge in [0.1, 0.15) is 11.3 Å². The number of rotatable bonds is 24. The number of nitrogens with zero attached hydrogens (tertiary/aromatic N) is 3. The fourth-order valence-electron chi connectivity index (χ4n) is 5.75. The molecule has 0 bridgehead atoms. The lowest BCUT2D eigenvalue weighted by molar-refractivity contribution is -0.125.